The summed E-state index contributed by atoms with van der Waals surface area (Å²) in [6.07, 6.45) is 0.811. The van der Waals surface area contributed by atoms with E-state index >= 15 is 0 Å². The molecule has 1 fully saturated rings. The van der Waals surface area contributed by atoms with Gasteiger partial charge in [-0.2, -0.15) is 0 Å². The number of nitro groups is 1. The van der Waals surface area contributed by atoms with Crippen molar-refractivity contribution in [1.29, 1.82) is 0 Å². The monoisotopic (exact) mass is 224 g/mol. The maximum absolute atomic E-state index is 10.7. The first-order valence-electron chi connectivity index (χ1n) is 4.85. The Morgan fingerprint density at radius 1 is 1.62 bits per heavy atom. The maximum atomic E-state index is 10.7. The van der Waals surface area contributed by atoms with Gasteiger partial charge < -0.3 is 15.6 Å². The third-order valence-electron chi connectivity index (χ3n) is 2.76. The van der Waals surface area contributed by atoms with Gasteiger partial charge >= 0.3 is 5.69 Å². The second-order valence-corrected chi connectivity index (χ2v) is 3.85. The van der Waals surface area contributed by atoms with Crippen LogP contribution in [-0.2, 0) is 0 Å². The molecule has 1 aromatic carbocycles. The van der Waals surface area contributed by atoms with E-state index in [9.17, 15) is 15.2 Å². The van der Waals surface area contributed by atoms with Gasteiger partial charge in [0.15, 0.2) is 5.75 Å². The summed E-state index contributed by atoms with van der Waals surface area (Å²) >= 11 is 0. The number of phenolic OH excluding ortho intramolecular Hbond substituents is 1. The molecule has 0 amide bonds. The van der Waals surface area contributed by atoms with Gasteiger partial charge in [0.2, 0.25) is 5.75 Å². The lowest BCUT2D eigenvalue weighted by molar-refractivity contribution is -0.386. The first-order valence-corrected chi connectivity index (χ1v) is 4.85. The lowest BCUT2D eigenvalue weighted by atomic mass is 10.1. The van der Waals surface area contributed by atoms with E-state index < -0.39 is 10.7 Å². The zero-order valence-electron chi connectivity index (χ0n) is 8.71. The van der Waals surface area contributed by atoms with Gasteiger partial charge in [0.05, 0.1) is 12.0 Å². The Balaban J connectivity index is 2.48. The van der Waals surface area contributed by atoms with E-state index in [1.165, 1.54) is 13.2 Å². The highest BCUT2D eigenvalue weighted by Crippen LogP contribution is 2.45. The zero-order valence-corrected chi connectivity index (χ0v) is 8.71. The highest BCUT2D eigenvalue weighted by Gasteiger charge is 2.37. The predicted molar refractivity (Wildman–Crippen MR) is 56.6 cm³/mol. The average molecular weight is 224 g/mol. The summed E-state index contributed by atoms with van der Waals surface area (Å²) in [5, 5.41) is 20.3. The van der Waals surface area contributed by atoms with Gasteiger partial charge in [-0.05, 0) is 18.1 Å². The molecule has 0 heterocycles. The third kappa shape index (κ3) is 1.67. The van der Waals surface area contributed by atoms with Crippen molar-refractivity contribution in [2.24, 2.45) is 5.73 Å². The molecule has 1 aromatic rings. The number of nitrogens with zero attached hydrogens (tertiary/aromatic N) is 1. The number of ether oxygens (including phenoxy) is 1. The molecule has 2 rings (SSSR count). The van der Waals surface area contributed by atoms with Crippen molar-refractivity contribution in [2.45, 2.75) is 18.4 Å². The second-order valence-electron chi connectivity index (χ2n) is 3.85. The summed E-state index contributed by atoms with van der Waals surface area (Å²) in [6, 6.07) is 3.00. The number of phenols is 1. The van der Waals surface area contributed by atoms with Crippen LogP contribution in [0.2, 0.25) is 0 Å². The van der Waals surface area contributed by atoms with E-state index in [1.54, 1.807) is 6.07 Å². The molecule has 2 atom stereocenters. The minimum absolute atomic E-state index is 0.0499. The molecule has 2 unspecified atom stereocenters. The molecule has 3 N–H and O–H groups in total. The van der Waals surface area contributed by atoms with Crippen LogP contribution in [0.15, 0.2) is 12.1 Å². The molecule has 1 aliphatic rings. The van der Waals surface area contributed by atoms with E-state index in [2.05, 4.69) is 0 Å². The lowest BCUT2D eigenvalue weighted by Gasteiger charge is -2.06. The quantitative estimate of drug-likeness (QED) is 0.592. The topological polar surface area (TPSA) is 98.6 Å². The van der Waals surface area contributed by atoms with Crippen LogP contribution in [0.5, 0.6) is 11.5 Å². The molecule has 86 valence electrons. The van der Waals surface area contributed by atoms with Gasteiger partial charge in [0, 0.05) is 18.0 Å². The van der Waals surface area contributed by atoms with Gasteiger partial charge in [-0.1, -0.05) is 0 Å². The second kappa shape index (κ2) is 3.64. The number of hydrogen-bond donors (Lipinski definition) is 2. The highest BCUT2D eigenvalue weighted by atomic mass is 16.6. The molecule has 0 aromatic heterocycles. The fourth-order valence-electron chi connectivity index (χ4n) is 1.72. The van der Waals surface area contributed by atoms with E-state index in [1.807, 2.05) is 0 Å². The molecule has 0 radical (unpaired) electrons. The summed E-state index contributed by atoms with van der Waals surface area (Å²) in [5.74, 6) is -0.193. The van der Waals surface area contributed by atoms with Crippen LogP contribution in [0.25, 0.3) is 0 Å². The largest absolute Gasteiger partial charge is 0.500 e. The molecule has 1 aliphatic carbocycles. The lowest BCUT2D eigenvalue weighted by Crippen LogP contribution is -2.02. The van der Waals surface area contributed by atoms with Crippen LogP contribution in [0.1, 0.15) is 17.9 Å². The van der Waals surface area contributed by atoms with Crippen molar-refractivity contribution in [3.8, 4) is 11.5 Å². The van der Waals surface area contributed by atoms with Crippen molar-refractivity contribution in [3.63, 3.8) is 0 Å². The minimum Gasteiger partial charge on any atom is -0.500 e. The third-order valence-corrected chi connectivity index (χ3v) is 2.76. The Morgan fingerprint density at radius 2 is 2.25 bits per heavy atom. The van der Waals surface area contributed by atoms with E-state index in [-0.39, 0.29) is 23.4 Å². The zero-order chi connectivity index (χ0) is 11.9. The normalized spacial score (nSPS) is 22.9. The molecular formula is C10H12N2O4. The SMILES string of the molecule is COc1cc(C2CC2N)cc([N+](=O)[O-])c1O. The van der Waals surface area contributed by atoms with Gasteiger partial charge in [-0.3, -0.25) is 10.1 Å². The summed E-state index contributed by atoms with van der Waals surface area (Å²) in [4.78, 5) is 10.1. The van der Waals surface area contributed by atoms with Crippen LogP contribution < -0.4 is 10.5 Å². The fourth-order valence-corrected chi connectivity index (χ4v) is 1.72. The standard InChI is InChI=1S/C10H12N2O4/c1-16-9-3-5(6-4-7(6)11)2-8(10(9)13)12(14)15/h2-3,6-7,13H,4,11H2,1H3. The van der Waals surface area contributed by atoms with Crippen molar-refractivity contribution in [3.05, 3.63) is 27.8 Å². The Hall–Kier alpha value is -1.82. The van der Waals surface area contributed by atoms with Gasteiger partial charge in [0.25, 0.3) is 0 Å². The van der Waals surface area contributed by atoms with Crippen LogP contribution in [0.3, 0.4) is 0 Å². The minimum atomic E-state index is -0.630. The fraction of sp³-hybridized carbons (Fsp3) is 0.400. The molecular weight excluding hydrogens is 212 g/mol. The molecule has 0 bridgehead atoms. The van der Waals surface area contributed by atoms with Crippen LogP contribution in [-0.4, -0.2) is 23.2 Å². The molecule has 6 nitrogen and oxygen atoms in total. The van der Waals surface area contributed by atoms with Gasteiger partial charge in [-0.25, -0.2) is 0 Å². The summed E-state index contributed by atoms with van der Waals surface area (Å²) in [7, 11) is 1.36. The molecule has 1 saturated carbocycles. The predicted octanol–water partition coefficient (Wildman–Crippen LogP) is 1.12. The molecule has 0 aliphatic heterocycles. The summed E-state index contributed by atoms with van der Waals surface area (Å²) in [5.41, 5.74) is 6.09. The first-order chi connectivity index (χ1) is 7.54. The Labute approximate surface area is 91.8 Å². The molecule has 16 heavy (non-hydrogen) atoms. The van der Waals surface area contributed by atoms with Gasteiger partial charge in [0.1, 0.15) is 0 Å². The number of nitro benzene ring substituents is 1. The van der Waals surface area contributed by atoms with E-state index in [0.717, 1.165) is 12.0 Å². The van der Waals surface area contributed by atoms with Gasteiger partial charge in [-0.15, -0.1) is 0 Å². The number of rotatable bonds is 3. The van der Waals surface area contributed by atoms with Crippen molar-refractivity contribution in [1.82, 2.24) is 0 Å². The maximum Gasteiger partial charge on any atom is 0.314 e. The van der Waals surface area contributed by atoms with Crippen molar-refractivity contribution >= 4 is 5.69 Å². The van der Waals surface area contributed by atoms with Crippen molar-refractivity contribution < 1.29 is 14.8 Å². The number of nitrogens with two attached hydrogens (primary N) is 1. The first kappa shape index (κ1) is 10.7. The summed E-state index contributed by atoms with van der Waals surface area (Å²) in [6.45, 7) is 0. The average Bonchev–Trinajstić information content (AvgIpc) is 2.95. The Kier molecular flexibility index (Phi) is 2.43. The van der Waals surface area contributed by atoms with Crippen LogP contribution >= 0.6 is 0 Å². The molecule has 0 saturated heterocycles. The number of benzene rings is 1. The summed E-state index contributed by atoms with van der Waals surface area (Å²) < 4.78 is 4.89. The Morgan fingerprint density at radius 3 is 2.69 bits per heavy atom. The number of methoxy groups -OCH3 is 1. The highest BCUT2D eigenvalue weighted by molar-refractivity contribution is 5.58. The molecule has 0 spiro atoms. The molecule has 6 heteroatoms. The van der Waals surface area contributed by atoms with E-state index in [4.69, 9.17) is 10.5 Å². The Bertz CT molecular complexity index is 447. The van der Waals surface area contributed by atoms with Crippen LogP contribution in [0.4, 0.5) is 5.69 Å². The van der Waals surface area contributed by atoms with Crippen molar-refractivity contribution in [2.75, 3.05) is 7.11 Å². The van der Waals surface area contributed by atoms with E-state index in [0.29, 0.717) is 0 Å². The number of aromatic hydroxyl groups is 1. The smallest absolute Gasteiger partial charge is 0.314 e. The van der Waals surface area contributed by atoms with Crippen LogP contribution in [0, 0.1) is 10.1 Å². The number of hydrogen-bond acceptors (Lipinski definition) is 5.